The molecule has 1 atom stereocenters. The molecule has 1 N–H and O–H groups in total. The van der Waals surface area contributed by atoms with Gasteiger partial charge in [0.15, 0.2) is 5.13 Å². The molecule has 114 valence electrons. The minimum absolute atomic E-state index is 0.452. The number of thiazole rings is 1. The van der Waals surface area contributed by atoms with Crippen molar-refractivity contribution in [3.8, 4) is 0 Å². The third-order valence-electron chi connectivity index (χ3n) is 3.52. The highest BCUT2D eigenvalue weighted by Crippen LogP contribution is 2.29. The van der Waals surface area contributed by atoms with E-state index < -0.39 is 0 Å². The summed E-state index contributed by atoms with van der Waals surface area (Å²) in [6.07, 6.45) is 2.23. The van der Waals surface area contributed by atoms with Crippen molar-refractivity contribution < 1.29 is 9.47 Å². The Morgan fingerprint density at radius 2 is 2.40 bits per heavy atom. The molecule has 0 radical (unpaired) electrons. The molecule has 0 spiro atoms. The Hall–Kier alpha value is -0.690. The normalized spacial score (nSPS) is 18.6. The van der Waals surface area contributed by atoms with Gasteiger partial charge in [-0.1, -0.05) is 6.92 Å². The number of hydrogen-bond donors (Lipinski definition) is 1. The molecule has 0 amide bonds. The van der Waals surface area contributed by atoms with Crippen molar-refractivity contribution in [2.45, 2.75) is 39.0 Å². The summed E-state index contributed by atoms with van der Waals surface area (Å²) in [5.41, 5.74) is 1.06. The summed E-state index contributed by atoms with van der Waals surface area (Å²) in [6.45, 7) is 6.32. The molecule has 1 saturated heterocycles. The van der Waals surface area contributed by atoms with E-state index in [0.717, 1.165) is 50.0 Å². The van der Waals surface area contributed by atoms with Crippen LogP contribution >= 0.6 is 11.3 Å². The molecule has 1 aromatic heterocycles. The van der Waals surface area contributed by atoms with Gasteiger partial charge in [0.2, 0.25) is 0 Å². The number of aromatic nitrogens is 1. The van der Waals surface area contributed by atoms with Gasteiger partial charge in [-0.25, -0.2) is 4.98 Å². The van der Waals surface area contributed by atoms with Crippen LogP contribution < -0.4 is 10.2 Å². The molecule has 0 bridgehead atoms. The molecule has 20 heavy (non-hydrogen) atoms. The number of likely N-dealkylation sites (N-methyl/N-ethyl adjacent to an activating group) is 1. The van der Waals surface area contributed by atoms with Gasteiger partial charge in [0, 0.05) is 32.2 Å². The van der Waals surface area contributed by atoms with E-state index in [1.807, 2.05) is 0 Å². The van der Waals surface area contributed by atoms with Crippen LogP contribution in [0.15, 0.2) is 0 Å². The van der Waals surface area contributed by atoms with Gasteiger partial charge in [-0.15, -0.1) is 11.3 Å². The van der Waals surface area contributed by atoms with Gasteiger partial charge >= 0.3 is 0 Å². The zero-order chi connectivity index (χ0) is 14.4. The van der Waals surface area contributed by atoms with E-state index in [9.17, 15) is 0 Å². The number of nitrogens with zero attached hydrogens (tertiary/aromatic N) is 2. The van der Waals surface area contributed by atoms with E-state index in [1.165, 1.54) is 4.88 Å². The summed E-state index contributed by atoms with van der Waals surface area (Å²) in [4.78, 5) is 8.28. The van der Waals surface area contributed by atoms with Crippen molar-refractivity contribution in [1.82, 2.24) is 10.3 Å². The molecular weight excluding hydrogens is 274 g/mol. The van der Waals surface area contributed by atoms with Gasteiger partial charge in [-0.05, 0) is 19.4 Å². The molecule has 5 nitrogen and oxygen atoms in total. The maximum absolute atomic E-state index is 5.46. The first kappa shape index (κ1) is 15.7. The second-order valence-electron chi connectivity index (χ2n) is 5.10. The van der Waals surface area contributed by atoms with Gasteiger partial charge in [0.05, 0.1) is 24.9 Å². The molecule has 0 aliphatic carbocycles. The number of rotatable bonds is 8. The van der Waals surface area contributed by atoms with Crippen LogP contribution in [0, 0.1) is 0 Å². The first-order chi connectivity index (χ1) is 9.76. The van der Waals surface area contributed by atoms with E-state index in [4.69, 9.17) is 14.5 Å². The van der Waals surface area contributed by atoms with Crippen LogP contribution in [0.1, 0.15) is 30.3 Å². The molecule has 1 aromatic rings. The fraction of sp³-hybridized carbons (Fsp3) is 0.786. The van der Waals surface area contributed by atoms with E-state index in [0.29, 0.717) is 12.6 Å². The predicted octanol–water partition coefficient (Wildman–Crippen LogP) is 2.01. The van der Waals surface area contributed by atoms with Crippen molar-refractivity contribution in [2.75, 3.05) is 38.8 Å². The van der Waals surface area contributed by atoms with Crippen LogP contribution in [0.25, 0.3) is 0 Å². The van der Waals surface area contributed by atoms with Crippen molar-refractivity contribution in [3.63, 3.8) is 0 Å². The molecule has 1 aliphatic rings. The Kier molecular flexibility index (Phi) is 6.22. The topological polar surface area (TPSA) is 46.6 Å². The Balaban J connectivity index is 2.06. The highest BCUT2D eigenvalue weighted by Gasteiger charge is 2.23. The van der Waals surface area contributed by atoms with Gasteiger partial charge in [-0.3, -0.25) is 0 Å². The Morgan fingerprint density at radius 1 is 1.55 bits per heavy atom. The summed E-state index contributed by atoms with van der Waals surface area (Å²) >= 11 is 1.76. The molecule has 2 rings (SSSR count). The van der Waals surface area contributed by atoms with E-state index in [2.05, 4.69) is 24.2 Å². The summed E-state index contributed by atoms with van der Waals surface area (Å²) in [5.74, 6) is 0. The van der Waals surface area contributed by atoms with Crippen LogP contribution in [0.2, 0.25) is 0 Å². The van der Waals surface area contributed by atoms with E-state index in [-0.39, 0.29) is 0 Å². The van der Waals surface area contributed by atoms with Crippen molar-refractivity contribution in [1.29, 1.82) is 0 Å². The molecule has 0 saturated carbocycles. The summed E-state index contributed by atoms with van der Waals surface area (Å²) in [6, 6.07) is 0.452. The fourth-order valence-electron chi connectivity index (χ4n) is 2.27. The number of ether oxygens (including phenoxy) is 2. The maximum Gasteiger partial charge on any atom is 0.185 e. The lowest BCUT2D eigenvalue weighted by atomic mass is 10.2. The van der Waals surface area contributed by atoms with Gasteiger partial charge in [-0.2, -0.15) is 0 Å². The monoisotopic (exact) mass is 299 g/mol. The number of methoxy groups -OCH3 is 1. The smallest absolute Gasteiger partial charge is 0.185 e. The highest BCUT2D eigenvalue weighted by molar-refractivity contribution is 7.15. The molecule has 6 heteroatoms. The minimum Gasteiger partial charge on any atom is -0.379 e. The zero-order valence-electron chi connectivity index (χ0n) is 12.6. The van der Waals surface area contributed by atoms with Crippen LogP contribution in [0.5, 0.6) is 0 Å². The quantitative estimate of drug-likeness (QED) is 0.744. The first-order valence-corrected chi connectivity index (χ1v) is 8.06. The Labute approximate surface area is 125 Å². The van der Waals surface area contributed by atoms with E-state index in [1.54, 1.807) is 18.4 Å². The highest BCUT2D eigenvalue weighted by atomic mass is 32.1. The Morgan fingerprint density at radius 3 is 3.05 bits per heavy atom. The first-order valence-electron chi connectivity index (χ1n) is 7.25. The summed E-state index contributed by atoms with van der Waals surface area (Å²) in [7, 11) is 3.83. The lowest BCUT2D eigenvalue weighted by Gasteiger charge is -2.21. The second kappa shape index (κ2) is 7.93. The largest absolute Gasteiger partial charge is 0.379 e. The lowest BCUT2D eigenvalue weighted by Crippen LogP contribution is -2.31. The number of anilines is 1. The zero-order valence-corrected chi connectivity index (χ0v) is 13.5. The maximum atomic E-state index is 5.46. The average Bonchev–Trinajstić information content (AvgIpc) is 3.09. The Bertz CT molecular complexity index is 405. The number of nitrogens with one attached hydrogen (secondary N) is 1. The van der Waals surface area contributed by atoms with Crippen LogP contribution in [0.3, 0.4) is 0 Å². The molecule has 1 fully saturated rings. The average molecular weight is 299 g/mol. The molecular formula is C14H25N3O2S. The third-order valence-corrected chi connectivity index (χ3v) is 4.70. The molecule has 1 aliphatic heterocycles. The molecule has 1 unspecified atom stereocenters. The fourth-order valence-corrected chi connectivity index (χ4v) is 3.34. The predicted molar refractivity (Wildman–Crippen MR) is 82.5 cm³/mol. The summed E-state index contributed by atoms with van der Waals surface area (Å²) < 4.78 is 10.7. The van der Waals surface area contributed by atoms with Crippen molar-refractivity contribution in [2.24, 2.45) is 0 Å². The molecule has 0 aromatic carbocycles. The van der Waals surface area contributed by atoms with Crippen LogP contribution in [0.4, 0.5) is 5.13 Å². The van der Waals surface area contributed by atoms with Crippen molar-refractivity contribution in [3.05, 3.63) is 10.6 Å². The van der Waals surface area contributed by atoms with Crippen molar-refractivity contribution >= 4 is 16.5 Å². The van der Waals surface area contributed by atoms with Crippen LogP contribution in [-0.2, 0) is 22.6 Å². The van der Waals surface area contributed by atoms with E-state index >= 15 is 0 Å². The summed E-state index contributed by atoms with van der Waals surface area (Å²) in [5, 5.41) is 4.51. The second-order valence-corrected chi connectivity index (χ2v) is 6.17. The van der Waals surface area contributed by atoms with Crippen LogP contribution in [-0.4, -0.2) is 44.9 Å². The lowest BCUT2D eigenvalue weighted by molar-refractivity contribution is 0.181. The minimum atomic E-state index is 0.452. The standard InChI is InChI=1S/C14H25N3O2S/c1-4-6-15-8-13-12(10-18-3)16-14(20-13)17(2)11-5-7-19-9-11/h11,15H,4-10H2,1-3H3. The SMILES string of the molecule is CCCNCc1sc(N(C)C2CCOC2)nc1COC. The molecule has 2 heterocycles. The van der Waals surface area contributed by atoms with Gasteiger partial charge in [0.1, 0.15) is 0 Å². The number of hydrogen-bond acceptors (Lipinski definition) is 6. The third kappa shape index (κ3) is 3.91. The van der Waals surface area contributed by atoms with Gasteiger partial charge < -0.3 is 19.7 Å². The van der Waals surface area contributed by atoms with Gasteiger partial charge in [0.25, 0.3) is 0 Å².